The second kappa shape index (κ2) is 5.57. The van der Waals surface area contributed by atoms with Crippen molar-refractivity contribution in [1.29, 1.82) is 5.26 Å². The summed E-state index contributed by atoms with van der Waals surface area (Å²) in [5.74, 6) is -3.37. The molecule has 0 aliphatic rings. The Bertz CT molecular complexity index is 870. The zero-order chi connectivity index (χ0) is 15.7. The van der Waals surface area contributed by atoms with Gasteiger partial charge in [0.1, 0.15) is 11.3 Å². The maximum absolute atomic E-state index is 13.4. The molecule has 0 N–H and O–H groups in total. The van der Waals surface area contributed by atoms with Crippen LogP contribution in [0.25, 0.3) is 22.1 Å². The Balaban J connectivity index is 2.15. The minimum atomic E-state index is -1.50. The lowest BCUT2D eigenvalue weighted by molar-refractivity contribution is 0.447. The number of hydrogen-bond acceptors (Lipinski definition) is 2. The van der Waals surface area contributed by atoms with E-state index < -0.39 is 17.5 Å². The highest BCUT2D eigenvalue weighted by atomic mass is 19.2. The molecule has 0 amide bonds. The fourth-order valence-corrected chi connectivity index (χ4v) is 2.36. The normalized spacial score (nSPS) is 10.8. The van der Waals surface area contributed by atoms with Crippen LogP contribution in [0.1, 0.15) is 12.2 Å². The van der Waals surface area contributed by atoms with E-state index in [1.54, 1.807) is 24.3 Å². The summed E-state index contributed by atoms with van der Waals surface area (Å²) in [4.78, 5) is 0. The summed E-state index contributed by atoms with van der Waals surface area (Å²) in [6, 6.07) is 10.8. The summed E-state index contributed by atoms with van der Waals surface area (Å²) >= 11 is 0. The zero-order valence-corrected chi connectivity index (χ0v) is 11.4. The smallest absolute Gasteiger partial charge is 0.194 e. The highest BCUT2D eigenvalue weighted by Crippen LogP contribution is 2.32. The van der Waals surface area contributed by atoms with Crippen LogP contribution in [0.15, 0.2) is 40.8 Å². The van der Waals surface area contributed by atoms with E-state index in [1.165, 1.54) is 0 Å². The van der Waals surface area contributed by atoms with E-state index in [0.29, 0.717) is 29.7 Å². The fourth-order valence-electron chi connectivity index (χ4n) is 2.36. The number of aryl methyl sites for hydroxylation is 1. The quantitative estimate of drug-likeness (QED) is 0.640. The molecule has 0 saturated carbocycles. The van der Waals surface area contributed by atoms with Crippen molar-refractivity contribution in [3.8, 4) is 17.2 Å². The molecular formula is C17H10F3NO. The SMILES string of the molecule is N#CCCc1cc2cccc(-c3cc(F)c(F)c(F)c3)c2o1. The Morgan fingerprint density at radius 1 is 1.05 bits per heavy atom. The van der Waals surface area contributed by atoms with Gasteiger partial charge in [0.05, 0.1) is 6.07 Å². The summed E-state index contributed by atoms with van der Waals surface area (Å²) in [5, 5.41) is 9.37. The van der Waals surface area contributed by atoms with Gasteiger partial charge in [-0.25, -0.2) is 13.2 Å². The van der Waals surface area contributed by atoms with Crippen molar-refractivity contribution in [2.24, 2.45) is 0 Å². The number of halogens is 3. The molecule has 0 atom stereocenters. The molecule has 1 aromatic heterocycles. The van der Waals surface area contributed by atoms with E-state index in [4.69, 9.17) is 9.68 Å². The molecule has 0 bridgehead atoms. The fraction of sp³-hybridized carbons (Fsp3) is 0.118. The van der Waals surface area contributed by atoms with Crippen LogP contribution in [-0.4, -0.2) is 0 Å². The minimum Gasteiger partial charge on any atom is -0.460 e. The van der Waals surface area contributed by atoms with Crippen LogP contribution < -0.4 is 0 Å². The van der Waals surface area contributed by atoms with Gasteiger partial charge in [0.2, 0.25) is 0 Å². The van der Waals surface area contributed by atoms with Crippen molar-refractivity contribution >= 4 is 11.0 Å². The van der Waals surface area contributed by atoms with Crippen LogP contribution in [0, 0.1) is 28.8 Å². The molecule has 2 aromatic carbocycles. The van der Waals surface area contributed by atoms with Gasteiger partial charge in [-0.15, -0.1) is 0 Å². The van der Waals surface area contributed by atoms with Crippen LogP contribution in [0.3, 0.4) is 0 Å². The molecule has 0 fully saturated rings. The lowest BCUT2D eigenvalue weighted by Crippen LogP contribution is -1.92. The van der Waals surface area contributed by atoms with E-state index in [2.05, 4.69) is 0 Å². The van der Waals surface area contributed by atoms with Gasteiger partial charge >= 0.3 is 0 Å². The zero-order valence-electron chi connectivity index (χ0n) is 11.4. The third kappa shape index (κ3) is 2.44. The summed E-state index contributed by atoms with van der Waals surface area (Å²) < 4.78 is 45.6. The number of furan rings is 1. The number of hydrogen-bond donors (Lipinski definition) is 0. The molecule has 0 aliphatic carbocycles. The van der Waals surface area contributed by atoms with E-state index in [9.17, 15) is 13.2 Å². The highest BCUT2D eigenvalue weighted by molar-refractivity contribution is 5.92. The van der Waals surface area contributed by atoms with Gasteiger partial charge in [0, 0.05) is 23.8 Å². The molecule has 0 saturated heterocycles. The van der Waals surface area contributed by atoms with Gasteiger partial charge in [-0.1, -0.05) is 18.2 Å². The maximum Gasteiger partial charge on any atom is 0.194 e. The standard InChI is InChI=1S/C17H10F3NO/c18-14-8-11(9-15(19)16(14)20)13-5-1-3-10-7-12(4-2-6-21)22-17(10)13/h1,3,5,7-9H,2,4H2. The van der Waals surface area contributed by atoms with Gasteiger partial charge < -0.3 is 4.42 Å². The first-order chi connectivity index (χ1) is 10.6. The van der Waals surface area contributed by atoms with Crippen molar-refractivity contribution in [2.75, 3.05) is 0 Å². The number of nitrogens with zero attached hydrogens (tertiary/aromatic N) is 1. The summed E-state index contributed by atoms with van der Waals surface area (Å²) in [6.45, 7) is 0. The summed E-state index contributed by atoms with van der Waals surface area (Å²) in [7, 11) is 0. The lowest BCUT2D eigenvalue weighted by atomic mass is 10.0. The van der Waals surface area contributed by atoms with Gasteiger partial charge in [-0.2, -0.15) is 5.26 Å². The van der Waals surface area contributed by atoms with Crippen LogP contribution in [0.5, 0.6) is 0 Å². The monoisotopic (exact) mass is 301 g/mol. The Kier molecular flexibility index (Phi) is 3.60. The Morgan fingerprint density at radius 3 is 2.45 bits per heavy atom. The molecule has 1 heterocycles. The molecular weight excluding hydrogens is 291 g/mol. The largest absolute Gasteiger partial charge is 0.460 e. The number of rotatable bonds is 3. The van der Waals surface area contributed by atoms with Crippen LogP contribution in [-0.2, 0) is 6.42 Å². The number of para-hydroxylation sites is 1. The van der Waals surface area contributed by atoms with Gasteiger partial charge in [-0.05, 0) is 23.8 Å². The van der Waals surface area contributed by atoms with Gasteiger partial charge in [-0.3, -0.25) is 0 Å². The van der Waals surface area contributed by atoms with Crippen molar-refractivity contribution in [1.82, 2.24) is 0 Å². The van der Waals surface area contributed by atoms with Crippen molar-refractivity contribution in [3.05, 3.63) is 59.6 Å². The second-order valence-electron chi connectivity index (χ2n) is 4.85. The average molecular weight is 301 g/mol. The number of benzene rings is 2. The first-order valence-corrected chi connectivity index (χ1v) is 6.63. The summed E-state index contributed by atoms with van der Waals surface area (Å²) in [5.41, 5.74) is 1.13. The predicted molar refractivity (Wildman–Crippen MR) is 75.5 cm³/mol. The van der Waals surface area contributed by atoms with Crippen LogP contribution in [0.2, 0.25) is 0 Å². The third-order valence-electron chi connectivity index (χ3n) is 3.37. The van der Waals surface area contributed by atoms with Crippen LogP contribution >= 0.6 is 0 Å². The Labute approximate surface area is 124 Å². The molecule has 2 nitrogen and oxygen atoms in total. The predicted octanol–water partition coefficient (Wildman–Crippen LogP) is 4.97. The van der Waals surface area contributed by atoms with Gasteiger partial charge in [0.25, 0.3) is 0 Å². The maximum atomic E-state index is 13.4. The van der Waals surface area contributed by atoms with E-state index >= 15 is 0 Å². The molecule has 3 rings (SSSR count). The number of fused-ring (bicyclic) bond motifs is 1. The van der Waals surface area contributed by atoms with E-state index in [-0.39, 0.29) is 5.56 Å². The molecule has 110 valence electrons. The average Bonchev–Trinajstić information content (AvgIpc) is 2.92. The molecule has 0 spiro atoms. The van der Waals surface area contributed by atoms with Crippen molar-refractivity contribution in [2.45, 2.75) is 12.8 Å². The molecule has 22 heavy (non-hydrogen) atoms. The first kappa shape index (κ1) is 14.2. The third-order valence-corrected chi connectivity index (χ3v) is 3.37. The molecule has 0 radical (unpaired) electrons. The van der Waals surface area contributed by atoms with Gasteiger partial charge in [0.15, 0.2) is 17.5 Å². The van der Waals surface area contributed by atoms with E-state index in [0.717, 1.165) is 17.5 Å². The molecule has 5 heteroatoms. The lowest BCUT2D eigenvalue weighted by Gasteiger charge is -2.04. The van der Waals surface area contributed by atoms with Crippen molar-refractivity contribution < 1.29 is 17.6 Å². The highest BCUT2D eigenvalue weighted by Gasteiger charge is 2.15. The summed E-state index contributed by atoms with van der Waals surface area (Å²) in [6.07, 6.45) is 0.770. The second-order valence-corrected chi connectivity index (χ2v) is 4.85. The topological polar surface area (TPSA) is 36.9 Å². The van der Waals surface area contributed by atoms with Crippen molar-refractivity contribution in [3.63, 3.8) is 0 Å². The Morgan fingerprint density at radius 2 is 1.77 bits per heavy atom. The number of nitriles is 1. The Hall–Kier alpha value is -2.74. The minimum absolute atomic E-state index is 0.197. The van der Waals surface area contributed by atoms with E-state index in [1.807, 2.05) is 6.07 Å². The first-order valence-electron chi connectivity index (χ1n) is 6.63. The molecule has 3 aromatic rings. The molecule has 0 aliphatic heterocycles. The molecule has 0 unspecified atom stereocenters. The van der Waals surface area contributed by atoms with Crippen LogP contribution in [0.4, 0.5) is 13.2 Å².